The zero-order valence-corrected chi connectivity index (χ0v) is 24.2. The molecule has 0 fully saturated rings. The molecule has 0 aliphatic carbocycles. The second-order valence-electron chi connectivity index (χ2n) is 9.26. The Kier molecular flexibility index (Phi) is 18.7. The average Bonchev–Trinajstić information content (AvgIpc) is 2.92. The highest BCUT2D eigenvalue weighted by atomic mass is 16.6. The largest absolute Gasteiger partial charge is 0.394 e. The van der Waals surface area contributed by atoms with Crippen molar-refractivity contribution in [1.82, 2.24) is 5.32 Å². The Labute approximate surface area is 245 Å². The van der Waals surface area contributed by atoms with Crippen molar-refractivity contribution in [3.8, 4) is 0 Å². The third kappa shape index (κ3) is 19.4. The van der Waals surface area contributed by atoms with Gasteiger partial charge in [0.25, 0.3) is 0 Å². The normalized spacial score (nSPS) is 11.1. The van der Waals surface area contributed by atoms with Gasteiger partial charge in [-0.1, -0.05) is 60.7 Å². The van der Waals surface area contributed by atoms with Crippen LogP contribution < -0.4 is 22.5 Å². The van der Waals surface area contributed by atoms with E-state index in [9.17, 15) is 33.6 Å². The van der Waals surface area contributed by atoms with Crippen LogP contribution in [0.3, 0.4) is 0 Å². The molecule has 0 aliphatic rings. The van der Waals surface area contributed by atoms with Crippen LogP contribution in [0.25, 0.3) is 0 Å². The van der Waals surface area contributed by atoms with Crippen molar-refractivity contribution in [1.29, 1.82) is 0 Å². The first kappa shape index (κ1) is 37.3. The fourth-order valence-corrected chi connectivity index (χ4v) is 3.47. The van der Waals surface area contributed by atoms with Gasteiger partial charge in [-0.15, -0.1) is 0 Å². The van der Waals surface area contributed by atoms with E-state index in [0.717, 1.165) is 11.1 Å². The van der Waals surface area contributed by atoms with E-state index in [-0.39, 0.29) is 43.4 Å². The molecular formula is C30H40N4O8. The predicted octanol–water partition coefficient (Wildman–Crippen LogP) is 0.770. The van der Waals surface area contributed by atoms with E-state index in [1.807, 2.05) is 60.7 Å². The number of esters is 2. The molecular weight excluding hydrogens is 544 g/mol. The maximum Gasteiger partial charge on any atom is 0.310 e. The Morgan fingerprint density at radius 2 is 1.05 bits per heavy atom. The number of primary amides is 2. The minimum Gasteiger partial charge on any atom is -0.394 e. The van der Waals surface area contributed by atoms with Crippen LogP contribution in [0.5, 0.6) is 0 Å². The second-order valence-corrected chi connectivity index (χ2v) is 9.26. The summed E-state index contributed by atoms with van der Waals surface area (Å²) in [7, 11) is 0. The number of ether oxygens (including phenoxy) is 1. The van der Waals surface area contributed by atoms with E-state index in [2.05, 4.69) is 10.1 Å². The number of carbonyl (C=O) groups excluding carboxylic acids is 7. The maximum absolute atomic E-state index is 11.6. The smallest absolute Gasteiger partial charge is 0.310 e. The number of carbonyl (C=O) groups is 7. The molecule has 0 saturated heterocycles. The molecule has 0 aliphatic heterocycles. The van der Waals surface area contributed by atoms with Gasteiger partial charge in [-0.3, -0.25) is 33.6 Å². The molecule has 0 unspecified atom stereocenters. The summed E-state index contributed by atoms with van der Waals surface area (Å²) >= 11 is 0. The quantitative estimate of drug-likeness (QED) is 0.193. The summed E-state index contributed by atoms with van der Waals surface area (Å²) in [6, 6.07) is 18.9. The van der Waals surface area contributed by atoms with Gasteiger partial charge in [0.15, 0.2) is 5.78 Å². The number of nitrogens with one attached hydrogen (secondary N) is 1. The van der Waals surface area contributed by atoms with E-state index in [1.165, 1.54) is 20.8 Å². The lowest BCUT2D eigenvalue weighted by molar-refractivity contribution is -0.156. The number of nitrogens with two attached hydrogens (primary N) is 3. The summed E-state index contributed by atoms with van der Waals surface area (Å²) in [5.74, 6) is -3.69. The summed E-state index contributed by atoms with van der Waals surface area (Å²) in [6.45, 7) is 3.60. The maximum atomic E-state index is 11.6. The molecule has 0 aromatic heterocycles. The Morgan fingerprint density at radius 1 is 0.667 bits per heavy atom. The summed E-state index contributed by atoms with van der Waals surface area (Å²) in [6.07, 6.45) is 1.09. The highest BCUT2D eigenvalue weighted by Gasteiger charge is 2.20. The molecule has 0 saturated carbocycles. The van der Waals surface area contributed by atoms with Crippen LogP contribution in [0.15, 0.2) is 60.7 Å². The van der Waals surface area contributed by atoms with Crippen molar-refractivity contribution >= 4 is 41.2 Å². The van der Waals surface area contributed by atoms with Gasteiger partial charge in [0.2, 0.25) is 17.7 Å². The first-order valence-corrected chi connectivity index (χ1v) is 13.1. The second kappa shape index (κ2) is 21.1. The lowest BCUT2D eigenvalue weighted by Crippen LogP contribution is -2.32. The zero-order valence-electron chi connectivity index (χ0n) is 24.2. The van der Waals surface area contributed by atoms with Gasteiger partial charge in [0.1, 0.15) is 5.78 Å². The predicted molar refractivity (Wildman–Crippen MR) is 155 cm³/mol. The van der Waals surface area contributed by atoms with Crippen molar-refractivity contribution in [2.45, 2.75) is 46.5 Å². The Bertz CT molecular complexity index is 1170. The first-order chi connectivity index (χ1) is 19.7. The molecule has 228 valence electrons. The number of benzene rings is 2. The SMILES string of the molecule is CC(=O)NCC(=O)C[C@@H](Cc1ccccc1)C(N)=O.CC(=O)OC(C)=O.NCC(=O)C[C@@H](Cc1ccccc1)C(N)=O. The van der Waals surface area contributed by atoms with Crippen LogP contribution in [0.1, 0.15) is 44.7 Å². The van der Waals surface area contributed by atoms with Crippen LogP contribution in [-0.4, -0.2) is 54.3 Å². The van der Waals surface area contributed by atoms with E-state index >= 15 is 0 Å². The summed E-state index contributed by atoms with van der Waals surface area (Å²) in [5.41, 5.74) is 17.7. The van der Waals surface area contributed by atoms with Crippen LogP contribution in [0.4, 0.5) is 0 Å². The molecule has 0 radical (unpaired) electrons. The third-order valence-electron chi connectivity index (χ3n) is 5.45. The third-order valence-corrected chi connectivity index (χ3v) is 5.45. The van der Waals surface area contributed by atoms with Gasteiger partial charge >= 0.3 is 11.9 Å². The number of rotatable bonds is 13. The van der Waals surface area contributed by atoms with Crippen molar-refractivity contribution in [3.63, 3.8) is 0 Å². The van der Waals surface area contributed by atoms with Crippen LogP contribution >= 0.6 is 0 Å². The molecule has 42 heavy (non-hydrogen) atoms. The monoisotopic (exact) mass is 584 g/mol. The van der Waals surface area contributed by atoms with Gasteiger partial charge in [-0.05, 0) is 24.0 Å². The van der Waals surface area contributed by atoms with Crippen LogP contribution in [0.2, 0.25) is 0 Å². The highest BCUT2D eigenvalue weighted by molar-refractivity contribution is 5.89. The standard InChI is InChI=1S/C14H18N2O3.C12H16N2O2.C4H6O3/c1-10(17)16-9-13(18)8-12(14(15)19)7-11-5-3-2-4-6-11;13-8-11(15)7-10(12(14)16)6-9-4-2-1-3-5-9;1-3(5)7-4(2)6/h2-6,12H,7-9H2,1H3,(H2,15,19)(H,16,17);1-5,10H,6-8,13H2,(H2,14,16);1-2H3/t12-;10-;/m11./s1. The molecule has 7 N–H and O–H groups in total. The molecule has 2 aromatic rings. The number of Topliss-reactive ketones (excluding diaryl/α,β-unsaturated/α-hetero) is 2. The van der Waals surface area contributed by atoms with Gasteiger partial charge in [0, 0.05) is 45.4 Å². The van der Waals surface area contributed by atoms with E-state index in [1.54, 1.807) is 0 Å². The highest BCUT2D eigenvalue weighted by Crippen LogP contribution is 2.13. The van der Waals surface area contributed by atoms with Crippen molar-refractivity contribution in [2.75, 3.05) is 13.1 Å². The van der Waals surface area contributed by atoms with Gasteiger partial charge in [-0.25, -0.2) is 0 Å². The molecule has 2 atom stereocenters. The molecule has 12 heteroatoms. The van der Waals surface area contributed by atoms with Crippen LogP contribution in [-0.2, 0) is 51.1 Å². The minimum absolute atomic E-state index is 0.0431. The topological polar surface area (TPSA) is 219 Å². The van der Waals surface area contributed by atoms with E-state index < -0.39 is 35.6 Å². The van der Waals surface area contributed by atoms with E-state index in [0.29, 0.717) is 12.8 Å². The number of ketones is 2. The summed E-state index contributed by atoms with van der Waals surface area (Å²) < 4.78 is 3.97. The molecule has 12 nitrogen and oxygen atoms in total. The fraction of sp³-hybridized carbons (Fsp3) is 0.367. The molecule has 2 aromatic carbocycles. The van der Waals surface area contributed by atoms with Crippen molar-refractivity contribution in [3.05, 3.63) is 71.8 Å². The van der Waals surface area contributed by atoms with Crippen LogP contribution in [0, 0.1) is 11.8 Å². The van der Waals surface area contributed by atoms with Gasteiger partial charge < -0.3 is 27.3 Å². The lowest BCUT2D eigenvalue weighted by atomic mass is 9.93. The van der Waals surface area contributed by atoms with Gasteiger partial charge in [0.05, 0.1) is 13.1 Å². The zero-order chi connectivity index (χ0) is 32.1. The van der Waals surface area contributed by atoms with Crippen molar-refractivity contribution < 1.29 is 38.3 Å². The molecule has 0 heterocycles. The average molecular weight is 585 g/mol. The Balaban J connectivity index is 0.000000661. The molecule has 0 bridgehead atoms. The van der Waals surface area contributed by atoms with E-state index in [4.69, 9.17) is 17.2 Å². The molecule has 0 spiro atoms. The van der Waals surface area contributed by atoms with Gasteiger partial charge in [-0.2, -0.15) is 0 Å². The Morgan fingerprint density at radius 3 is 1.33 bits per heavy atom. The lowest BCUT2D eigenvalue weighted by Gasteiger charge is -2.12. The summed E-state index contributed by atoms with van der Waals surface area (Å²) in [5, 5.41) is 2.41. The fourth-order valence-electron chi connectivity index (χ4n) is 3.47. The Hall–Kier alpha value is -4.71. The first-order valence-electron chi connectivity index (χ1n) is 13.1. The number of hydrogen-bond acceptors (Lipinski definition) is 9. The minimum atomic E-state index is -0.562. The summed E-state index contributed by atoms with van der Waals surface area (Å²) in [4.78, 5) is 75.7. The molecule has 2 rings (SSSR count). The number of hydrogen-bond donors (Lipinski definition) is 4. The molecule has 3 amide bonds. The number of amides is 3. The van der Waals surface area contributed by atoms with Crippen molar-refractivity contribution in [2.24, 2.45) is 29.0 Å².